The molecule has 30 heavy (non-hydrogen) atoms. The van der Waals surface area contributed by atoms with Gasteiger partial charge in [-0.05, 0) is 32.4 Å². The zero-order valence-corrected chi connectivity index (χ0v) is 17.7. The van der Waals surface area contributed by atoms with E-state index in [0.717, 1.165) is 5.56 Å². The number of nitrogens with zero attached hydrogens (tertiary/aromatic N) is 4. The van der Waals surface area contributed by atoms with E-state index in [0.29, 0.717) is 12.2 Å². The van der Waals surface area contributed by atoms with Gasteiger partial charge in [0, 0.05) is 18.7 Å². The number of hydrogen-bond donors (Lipinski definition) is 1. The van der Waals surface area contributed by atoms with E-state index < -0.39 is 18.5 Å². The molecule has 0 atom stereocenters. The summed E-state index contributed by atoms with van der Waals surface area (Å²) in [5, 5.41) is 10.7. The maximum atomic E-state index is 12.0. The van der Waals surface area contributed by atoms with Crippen LogP contribution in [0.1, 0.15) is 32.0 Å². The lowest BCUT2D eigenvalue weighted by atomic mass is 10.1. The van der Waals surface area contributed by atoms with Gasteiger partial charge in [-0.25, -0.2) is 9.48 Å². The lowest BCUT2D eigenvalue weighted by Gasteiger charge is -2.23. The van der Waals surface area contributed by atoms with Crippen LogP contribution in [0, 0.1) is 0 Å². The second kappa shape index (κ2) is 10.3. The molecular weight excluding hydrogens is 386 g/mol. The molecule has 0 fully saturated rings. The van der Waals surface area contributed by atoms with Gasteiger partial charge in [-0.2, -0.15) is 0 Å². The highest BCUT2D eigenvalue weighted by molar-refractivity contribution is 5.90. The highest BCUT2D eigenvalue weighted by Crippen LogP contribution is 2.03. The third-order valence-corrected chi connectivity index (χ3v) is 3.79. The summed E-state index contributed by atoms with van der Waals surface area (Å²) in [5.41, 5.74) is 1.18. The van der Waals surface area contributed by atoms with E-state index in [1.807, 2.05) is 51.1 Å². The van der Waals surface area contributed by atoms with E-state index in [4.69, 9.17) is 4.74 Å². The Labute approximate surface area is 175 Å². The van der Waals surface area contributed by atoms with Crippen molar-refractivity contribution in [2.45, 2.75) is 32.9 Å². The maximum absolute atomic E-state index is 12.0. The number of amides is 2. The fraction of sp³-hybridized carbons (Fsp3) is 0.381. The van der Waals surface area contributed by atoms with E-state index in [1.54, 1.807) is 10.9 Å². The molecule has 1 N–H and O–H groups in total. The molecule has 0 aliphatic rings. The molecule has 0 bridgehead atoms. The van der Waals surface area contributed by atoms with Gasteiger partial charge in [0.15, 0.2) is 6.61 Å². The van der Waals surface area contributed by atoms with Crippen LogP contribution in [-0.2, 0) is 25.7 Å². The summed E-state index contributed by atoms with van der Waals surface area (Å²) in [7, 11) is 1.47. The Morgan fingerprint density at radius 3 is 2.57 bits per heavy atom. The molecule has 0 saturated heterocycles. The summed E-state index contributed by atoms with van der Waals surface area (Å²) in [6, 6.07) is 9.79. The van der Waals surface area contributed by atoms with Crippen molar-refractivity contribution in [2.75, 3.05) is 20.2 Å². The molecule has 2 aromatic rings. The van der Waals surface area contributed by atoms with Crippen molar-refractivity contribution in [1.29, 1.82) is 0 Å². The van der Waals surface area contributed by atoms with Crippen molar-refractivity contribution in [1.82, 2.24) is 25.2 Å². The van der Waals surface area contributed by atoms with Gasteiger partial charge in [0.1, 0.15) is 5.69 Å². The Morgan fingerprint density at radius 2 is 1.90 bits per heavy atom. The summed E-state index contributed by atoms with van der Waals surface area (Å²) in [6.07, 6.45) is 4.34. The zero-order valence-electron chi connectivity index (χ0n) is 17.7. The summed E-state index contributed by atoms with van der Waals surface area (Å²) >= 11 is 0. The molecule has 0 unspecified atom stereocenters. The van der Waals surface area contributed by atoms with Crippen LogP contribution in [0.2, 0.25) is 0 Å². The Kier molecular flexibility index (Phi) is 7.85. The minimum absolute atomic E-state index is 0.117. The fourth-order valence-electron chi connectivity index (χ4n) is 2.44. The third kappa shape index (κ3) is 8.26. The SMILES string of the molecule is CN(CC(=O)NC(C)(C)C)C(=O)COC(=O)/C=C/c1cn(Cc2ccccc2)nn1. The van der Waals surface area contributed by atoms with E-state index in [9.17, 15) is 14.4 Å². The predicted octanol–water partition coefficient (Wildman–Crippen LogP) is 1.26. The first kappa shape index (κ1) is 22.8. The van der Waals surface area contributed by atoms with Crippen molar-refractivity contribution in [3.63, 3.8) is 0 Å². The van der Waals surface area contributed by atoms with Crippen molar-refractivity contribution >= 4 is 23.9 Å². The fourth-order valence-corrected chi connectivity index (χ4v) is 2.44. The monoisotopic (exact) mass is 413 g/mol. The maximum Gasteiger partial charge on any atom is 0.331 e. The molecular formula is C21H27N5O4. The molecule has 9 heteroatoms. The van der Waals surface area contributed by atoms with Crippen LogP contribution in [0.3, 0.4) is 0 Å². The number of benzene rings is 1. The second-order valence-corrected chi connectivity index (χ2v) is 7.82. The van der Waals surface area contributed by atoms with Gasteiger partial charge in [-0.1, -0.05) is 35.5 Å². The van der Waals surface area contributed by atoms with Crippen molar-refractivity contribution in [3.8, 4) is 0 Å². The first-order valence-corrected chi connectivity index (χ1v) is 9.46. The summed E-state index contributed by atoms with van der Waals surface area (Å²) in [4.78, 5) is 36.9. The Morgan fingerprint density at radius 1 is 1.20 bits per heavy atom. The average Bonchev–Trinajstić information content (AvgIpc) is 3.11. The Hall–Kier alpha value is -3.49. The van der Waals surface area contributed by atoms with Crippen LogP contribution in [0.5, 0.6) is 0 Å². The van der Waals surface area contributed by atoms with Gasteiger partial charge in [0.2, 0.25) is 5.91 Å². The number of carbonyl (C=O) groups excluding carboxylic acids is 3. The second-order valence-electron chi connectivity index (χ2n) is 7.82. The largest absolute Gasteiger partial charge is 0.452 e. The molecule has 0 radical (unpaired) electrons. The number of rotatable bonds is 8. The van der Waals surface area contributed by atoms with Gasteiger partial charge < -0.3 is 15.0 Å². The normalized spacial score (nSPS) is 11.3. The minimum Gasteiger partial charge on any atom is -0.452 e. The number of carbonyl (C=O) groups is 3. The standard InChI is InChI=1S/C21H27N5O4/c1-21(2,3)22-18(27)14-25(4)19(28)15-30-20(29)11-10-17-13-26(24-23-17)12-16-8-6-5-7-9-16/h5-11,13H,12,14-15H2,1-4H3,(H,22,27)/b11-10+. The van der Waals surface area contributed by atoms with Crippen molar-refractivity contribution in [2.24, 2.45) is 0 Å². The molecule has 160 valence electrons. The summed E-state index contributed by atoms with van der Waals surface area (Å²) < 4.78 is 6.58. The Balaban J connectivity index is 1.76. The van der Waals surface area contributed by atoms with Crippen LogP contribution in [0.4, 0.5) is 0 Å². The lowest BCUT2D eigenvalue weighted by molar-refractivity contribution is -0.148. The van der Waals surface area contributed by atoms with Gasteiger partial charge in [0.25, 0.3) is 5.91 Å². The van der Waals surface area contributed by atoms with E-state index in [-0.39, 0.29) is 18.0 Å². The van der Waals surface area contributed by atoms with E-state index in [2.05, 4.69) is 15.6 Å². The van der Waals surface area contributed by atoms with Crippen LogP contribution in [0.25, 0.3) is 6.08 Å². The zero-order chi connectivity index (χ0) is 22.1. The van der Waals surface area contributed by atoms with E-state index >= 15 is 0 Å². The van der Waals surface area contributed by atoms with E-state index in [1.165, 1.54) is 24.1 Å². The third-order valence-electron chi connectivity index (χ3n) is 3.79. The predicted molar refractivity (Wildman–Crippen MR) is 111 cm³/mol. The molecule has 2 amide bonds. The van der Waals surface area contributed by atoms with Gasteiger partial charge in [0.05, 0.1) is 19.3 Å². The molecule has 1 aromatic heterocycles. The van der Waals surface area contributed by atoms with Crippen molar-refractivity contribution in [3.05, 3.63) is 53.9 Å². The molecule has 1 aromatic carbocycles. The topological polar surface area (TPSA) is 106 Å². The number of esters is 1. The van der Waals surface area contributed by atoms with Crippen LogP contribution < -0.4 is 5.32 Å². The molecule has 2 rings (SSSR count). The van der Waals surface area contributed by atoms with Crippen LogP contribution in [-0.4, -0.2) is 63.4 Å². The lowest BCUT2D eigenvalue weighted by Crippen LogP contribution is -2.46. The number of ether oxygens (including phenoxy) is 1. The number of hydrogen-bond acceptors (Lipinski definition) is 6. The number of nitrogens with one attached hydrogen (secondary N) is 1. The highest BCUT2D eigenvalue weighted by atomic mass is 16.5. The molecule has 0 spiro atoms. The van der Waals surface area contributed by atoms with Crippen LogP contribution in [0.15, 0.2) is 42.6 Å². The highest BCUT2D eigenvalue weighted by Gasteiger charge is 2.18. The smallest absolute Gasteiger partial charge is 0.331 e. The average molecular weight is 413 g/mol. The number of aromatic nitrogens is 3. The minimum atomic E-state index is -0.687. The summed E-state index contributed by atoms with van der Waals surface area (Å²) in [5.74, 6) is -1.45. The van der Waals surface area contributed by atoms with Gasteiger partial charge >= 0.3 is 5.97 Å². The first-order valence-electron chi connectivity index (χ1n) is 9.46. The van der Waals surface area contributed by atoms with Crippen LogP contribution >= 0.6 is 0 Å². The molecule has 9 nitrogen and oxygen atoms in total. The van der Waals surface area contributed by atoms with Gasteiger partial charge in [-0.3, -0.25) is 9.59 Å². The molecule has 0 saturated carbocycles. The summed E-state index contributed by atoms with van der Waals surface area (Å²) in [6.45, 7) is 5.54. The Bertz CT molecular complexity index is 900. The molecule has 0 aliphatic carbocycles. The number of likely N-dealkylation sites (N-methyl/N-ethyl adjacent to an activating group) is 1. The van der Waals surface area contributed by atoms with Gasteiger partial charge in [-0.15, -0.1) is 5.10 Å². The van der Waals surface area contributed by atoms with Crippen molar-refractivity contribution < 1.29 is 19.1 Å². The molecule has 1 heterocycles. The first-order chi connectivity index (χ1) is 14.1. The molecule has 0 aliphatic heterocycles. The quantitative estimate of drug-likeness (QED) is 0.516.